The zero-order valence-corrected chi connectivity index (χ0v) is 19.4. The molecule has 2 aliphatic carbocycles. The molecule has 0 N–H and O–H groups in total. The molecule has 31 heavy (non-hydrogen) atoms. The number of hydrogen-bond donors (Lipinski definition) is 0. The van der Waals surface area contributed by atoms with Crippen molar-refractivity contribution < 1.29 is 14.3 Å². The second kappa shape index (κ2) is 10.5. The Morgan fingerprint density at radius 1 is 1.23 bits per heavy atom. The van der Waals surface area contributed by atoms with Crippen molar-refractivity contribution in [2.45, 2.75) is 76.9 Å². The molecule has 3 unspecified atom stereocenters. The molecule has 0 amide bonds. The Hall–Kier alpha value is -2.11. The van der Waals surface area contributed by atoms with E-state index >= 15 is 0 Å². The molecule has 2 aromatic heterocycles. The minimum absolute atomic E-state index is 0.0618. The molecule has 168 valence electrons. The van der Waals surface area contributed by atoms with E-state index in [9.17, 15) is 4.79 Å². The van der Waals surface area contributed by atoms with E-state index in [0.717, 1.165) is 56.9 Å². The number of aryl methyl sites for hydroxylation is 1. The van der Waals surface area contributed by atoms with Crippen LogP contribution in [-0.4, -0.2) is 35.8 Å². The van der Waals surface area contributed by atoms with Crippen molar-refractivity contribution >= 4 is 6.29 Å². The molecule has 0 radical (unpaired) electrons. The van der Waals surface area contributed by atoms with Crippen LogP contribution in [0.25, 0.3) is 0 Å². The minimum Gasteiger partial charge on any atom is -0.353 e. The van der Waals surface area contributed by atoms with Gasteiger partial charge in [-0.3, -0.25) is 14.8 Å². The van der Waals surface area contributed by atoms with Gasteiger partial charge >= 0.3 is 0 Å². The van der Waals surface area contributed by atoms with Crippen LogP contribution in [-0.2, 0) is 27.7 Å². The highest BCUT2D eigenvalue weighted by Gasteiger charge is 2.52. The highest BCUT2D eigenvalue weighted by molar-refractivity contribution is 5.72. The van der Waals surface area contributed by atoms with E-state index in [1.54, 1.807) is 7.11 Å². The largest absolute Gasteiger partial charge is 0.353 e. The van der Waals surface area contributed by atoms with Crippen LogP contribution in [0.15, 0.2) is 36.7 Å². The lowest BCUT2D eigenvalue weighted by Crippen LogP contribution is -2.51. The van der Waals surface area contributed by atoms with Crippen molar-refractivity contribution in [3.8, 4) is 0 Å². The number of methoxy groups -OCH3 is 1. The van der Waals surface area contributed by atoms with Crippen LogP contribution in [0.4, 0.5) is 0 Å². The average molecular weight is 425 g/mol. The van der Waals surface area contributed by atoms with E-state index in [-0.39, 0.29) is 5.41 Å². The number of rotatable bonds is 6. The van der Waals surface area contributed by atoms with Crippen LogP contribution < -0.4 is 0 Å². The lowest BCUT2D eigenvalue weighted by molar-refractivity contribution is -0.252. The van der Waals surface area contributed by atoms with Gasteiger partial charge < -0.3 is 9.47 Å². The molecular weight excluding hydrogens is 388 g/mol. The molecule has 5 nitrogen and oxygen atoms in total. The van der Waals surface area contributed by atoms with Crippen LogP contribution in [0, 0.1) is 5.92 Å². The summed E-state index contributed by atoms with van der Waals surface area (Å²) in [5, 5.41) is 0. The molecule has 0 aromatic carbocycles. The number of aromatic nitrogens is 2. The van der Waals surface area contributed by atoms with E-state index in [1.807, 2.05) is 45.3 Å². The van der Waals surface area contributed by atoms with Crippen molar-refractivity contribution in [3.63, 3.8) is 0 Å². The maximum Gasteiger partial charge on any atom is 0.168 e. The Morgan fingerprint density at radius 2 is 2.06 bits per heavy atom. The molecule has 3 atom stereocenters. The first-order valence-electron chi connectivity index (χ1n) is 11.7. The van der Waals surface area contributed by atoms with E-state index in [0.29, 0.717) is 18.2 Å². The minimum atomic E-state index is -0.506. The summed E-state index contributed by atoms with van der Waals surface area (Å²) in [6.07, 6.45) is 11.4. The monoisotopic (exact) mass is 424 g/mol. The highest BCUT2D eigenvalue weighted by atomic mass is 16.7. The molecule has 0 aliphatic heterocycles. The number of carbonyl (C=O) groups excluding carboxylic acids is 1. The molecule has 0 saturated heterocycles. The first-order chi connectivity index (χ1) is 15.1. The van der Waals surface area contributed by atoms with Gasteiger partial charge in [0.05, 0.1) is 0 Å². The summed E-state index contributed by atoms with van der Waals surface area (Å²) < 4.78 is 12.1. The third kappa shape index (κ3) is 4.73. The number of ether oxygens (including phenoxy) is 2. The fraction of sp³-hybridized carbons (Fsp3) is 0.577. The Labute approximate surface area is 186 Å². The Morgan fingerprint density at radius 3 is 2.74 bits per heavy atom. The third-order valence-corrected chi connectivity index (χ3v) is 6.96. The Bertz CT molecular complexity index is 857. The number of hydrogen-bond acceptors (Lipinski definition) is 5. The van der Waals surface area contributed by atoms with Gasteiger partial charge in [0, 0.05) is 50.1 Å². The quantitative estimate of drug-likeness (QED) is 0.464. The van der Waals surface area contributed by atoms with E-state index < -0.39 is 5.79 Å². The molecule has 0 spiro atoms. The van der Waals surface area contributed by atoms with Crippen molar-refractivity contribution in [1.29, 1.82) is 0 Å². The normalized spacial score (nSPS) is 27.2. The van der Waals surface area contributed by atoms with Crippen molar-refractivity contribution in [2.75, 3.05) is 13.7 Å². The smallest absolute Gasteiger partial charge is 0.168 e. The van der Waals surface area contributed by atoms with Crippen molar-refractivity contribution in [3.05, 3.63) is 59.2 Å². The molecule has 2 aromatic rings. The second-order valence-corrected chi connectivity index (χ2v) is 8.38. The standard InChI is InChI=1S/C24H30N2O3.C2H6/c1-3-29-24(28-2)11-10-23(15-20-9-4-5-12-25-20)19(14-24)8-6-7-18-13-21(17-27)26-16-22(18)23;1-2/h4-5,9,12-13,16-17,19H,3,6-8,10-11,14-15H2,1-2H3;1-2H3. The predicted molar refractivity (Wildman–Crippen MR) is 122 cm³/mol. The first-order valence-corrected chi connectivity index (χ1v) is 11.7. The van der Waals surface area contributed by atoms with Crippen LogP contribution in [0.2, 0.25) is 0 Å². The van der Waals surface area contributed by atoms with Gasteiger partial charge in [-0.05, 0) is 74.3 Å². The molecule has 4 rings (SSSR count). The summed E-state index contributed by atoms with van der Waals surface area (Å²) in [4.78, 5) is 20.4. The van der Waals surface area contributed by atoms with Crippen LogP contribution in [0.3, 0.4) is 0 Å². The van der Waals surface area contributed by atoms with Gasteiger partial charge in [0.2, 0.25) is 0 Å². The summed E-state index contributed by atoms with van der Waals surface area (Å²) >= 11 is 0. The van der Waals surface area contributed by atoms with Crippen LogP contribution >= 0.6 is 0 Å². The lowest BCUT2D eigenvalue weighted by atomic mass is 9.58. The lowest BCUT2D eigenvalue weighted by Gasteiger charge is -2.51. The van der Waals surface area contributed by atoms with Gasteiger partial charge in [-0.2, -0.15) is 0 Å². The topological polar surface area (TPSA) is 61.3 Å². The average Bonchev–Trinajstić information content (AvgIpc) is 2.97. The van der Waals surface area contributed by atoms with Gasteiger partial charge in [-0.1, -0.05) is 19.9 Å². The van der Waals surface area contributed by atoms with Gasteiger partial charge in [0.15, 0.2) is 12.1 Å². The maximum atomic E-state index is 11.3. The van der Waals surface area contributed by atoms with Crippen LogP contribution in [0.1, 0.15) is 80.2 Å². The zero-order valence-electron chi connectivity index (χ0n) is 19.4. The van der Waals surface area contributed by atoms with Gasteiger partial charge in [-0.15, -0.1) is 0 Å². The Balaban J connectivity index is 0.00000132. The van der Waals surface area contributed by atoms with Crippen molar-refractivity contribution in [1.82, 2.24) is 9.97 Å². The van der Waals surface area contributed by atoms with E-state index in [1.165, 1.54) is 11.1 Å². The third-order valence-electron chi connectivity index (χ3n) is 6.96. The highest BCUT2D eigenvalue weighted by Crippen LogP contribution is 2.54. The molecule has 0 bridgehead atoms. The number of fused-ring (bicyclic) bond motifs is 3. The fourth-order valence-corrected chi connectivity index (χ4v) is 5.59. The number of aldehydes is 1. The Kier molecular flexibility index (Phi) is 7.95. The number of pyridine rings is 2. The summed E-state index contributed by atoms with van der Waals surface area (Å²) in [6.45, 7) is 6.68. The second-order valence-electron chi connectivity index (χ2n) is 8.38. The molecular formula is C26H36N2O3. The molecule has 1 saturated carbocycles. The summed E-state index contributed by atoms with van der Waals surface area (Å²) in [7, 11) is 1.77. The van der Waals surface area contributed by atoms with Crippen molar-refractivity contribution in [2.24, 2.45) is 5.92 Å². The van der Waals surface area contributed by atoms with E-state index in [4.69, 9.17) is 9.47 Å². The molecule has 2 aliphatic rings. The first kappa shape index (κ1) is 23.6. The zero-order chi connectivity index (χ0) is 22.3. The summed E-state index contributed by atoms with van der Waals surface area (Å²) in [6, 6.07) is 8.13. The van der Waals surface area contributed by atoms with Gasteiger partial charge in [0.25, 0.3) is 0 Å². The number of nitrogens with zero attached hydrogens (tertiary/aromatic N) is 2. The fourth-order valence-electron chi connectivity index (χ4n) is 5.59. The molecule has 2 heterocycles. The van der Waals surface area contributed by atoms with Crippen LogP contribution in [0.5, 0.6) is 0 Å². The number of carbonyl (C=O) groups is 1. The summed E-state index contributed by atoms with van der Waals surface area (Å²) in [5.41, 5.74) is 4.12. The van der Waals surface area contributed by atoms with Gasteiger partial charge in [0.1, 0.15) is 5.69 Å². The predicted octanol–water partition coefficient (Wildman–Crippen LogP) is 5.31. The molecule has 1 fully saturated rings. The summed E-state index contributed by atoms with van der Waals surface area (Å²) in [5.74, 6) is -0.0943. The molecule has 5 heteroatoms. The van der Waals surface area contributed by atoms with E-state index in [2.05, 4.69) is 22.1 Å². The SMILES string of the molecule is CC.CCOC1(OC)CCC2(Cc3ccccn3)c3cnc(C=O)cc3CCCC2C1. The maximum absolute atomic E-state index is 11.3. The van der Waals surface area contributed by atoms with Gasteiger partial charge in [-0.25, -0.2) is 0 Å².